The first-order valence-electron chi connectivity index (χ1n) is 19.0. The van der Waals surface area contributed by atoms with Crippen molar-refractivity contribution < 1.29 is 4.42 Å². The van der Waals surface area contributed by atoms with Crippen molar-refractivity contribution in [3.63, 3.8) is 0 Å². The Morgan fingerprint density at radius 1 is 0.620 bits per heavy atom. The van der Waals surface area contributed by atoms with Gasteiger partial charge < -0.3 is 9.32 Å². The molecule has 5 unspecified atom stereocenters. The van der Waals surface area contributed by atoms with Crippen LogP contribution in [0.25, 0.3) is 21.9 Å². The van der Waals surface area contributed by atoms with E-state index in [1.54, 1.807) is 11.1 Å². The van der Waals surface area contributed by atoms with Crippen molar-refractivity contribution in [3.8, 4) is 0 Å². The lowest BCUT2D eigenvalue weighted by atomic mass is 9.57. The molecule has 6 aromatic rings. The van der Waals surface area contributed by atoms with Crippen LogP contribution in [0, 0.1) is 23.7 Å². The van der Waals surface area contributed by atoms with Gasteiger partial charge in [-0.15, -0.1) is 0 Å². The smallest absolute Gasteiger partial charge is 0.135 e. The fraction of sp³-hybridized carbons (Fsp3) is 0.362. The average molecular weight is 672 g/mol. The van der Waals surface area contributed by atoms with E-state index < -0.39 is 0 Å². The summed E-state index contributed by atoms with van der Waals surface area (Å²) in [6.45, 7) is 9.83. The van der Waals surface area contributed by atoms with Gasteiger partial charge in [-0.1, -0.05) is 88.0 Å². The molecule has 1 aliphatic heterocycles. The molecule has 1 aromatic heterocycles. The first-order chi connectivity index (χ1) is 24.2. The predicted octanol–water partition coefficient (Wildman–Crippen LogP) is 13.2. The Kier molecular flexibility index (Phi) is 6.01. The number of fused-ring (bicyclic) bond motifs is 6. The molecule has 0 amide bonds. The van der Waals surface area contributed by atoms with Crippen LogP contribution in [0.2, 0.25) is 0 Å². The molecule has 4 saturated carbocycles. The van der Waals surface area contributed by atoms with E-state index in [9.17, 15) is 0 Å². The van der Waals surface area contributed by atoms with Gasteiger partial charge in [0.2, 0.25) is 0 Å². The van der Waals surface area contributed by atoms with E-state index in [1.807, 2.05) is 11.8 Å². The summed E-state index contributed by atoms with van der Waals surface area (Å²) in [5.41, 5.74) is 12.2. The lowest BCUT2D eigenvalue weighted by Gasteiger charge is -2.49. The highest BCUT2D eigenvalue weighted by Gasteiger charge is 2.65. The van der Waals surface area contributed by atoms with Crippen molar-refractivity contribution in [2.24, 2.45) is 23.7 Å². The van der Waals surface area contributed by atoms with E-state index in [1.165, 1.54) is 87.3 Å². The molecule has 12 rings (SSSR count). The van der Waals surface area contributed by atoms with Gasteiger partial charge in [0.1, 0.15) is 11.2 Å². The summed E-state index contributed by atoms with van der Waals surface area (Å²) in [5, 5.41) is 2.35. The summed E-state index contributed by atoms with van der Waals surface area (Å²) in [5.74, 6) is 3.27. The maximum absolute atomic E-state index is 6.36. The molecule has 2 heterocycles. The van der Waals surface area contributed by atoms with Crippen LogP contribution in [0.15, 0.2) is 117 Å². The predicted molar refractivity (Wildman–Crippen MR) is 207 cm³/mol. The van der Waals surface area contributed by atoms with Crippen LogP contribution in [0.5, 0.6) is 0 Å². The lowest BCUT2D eigenvalue weighted by molar-refractivity contribution is 0.181. The van der Waals surface area contributed by atoms with Crippen molar-refractivity contribution in [1.82, 2.24) is 0 Å². The third-order valence-electron chi connectivity index (χ3n) is 14.1. The zero-order valence-corrected chi connectivity index (χ0v) is 30.4. The van der Waals surface area contributed by atoms with Gasteiger partial charge in [-0.25, -0.2) is 0 Å². The standard InChI is InChI=1S/C47H45NOS/c1-45(2)20-21-46(3,4)44-36(45)12-9-13-39(44)48(31-16-18-41-34(26-31)33-10-5-7-14-40(33)49-41)32-17-19-43-38(27-32)47(35-11-6-8-15-42(35)50-43)30-23-28-22-29(25-30)37(47)24-28/h5-19,26-30,37H,20-25H2,1-4H3. The highest BCUT2D eigenvalue weighted by molar-refractivity contribution is 7.99. The molecule has 50 heavy (non-hydrogen) atoms. The number of nitrogens with zero attached hydrogens (tertiary/aromatic N) is 1. The Morgan fingerprint density at radius 2 is 1.36 bits per heavy atom. The van der Waals surface area contributed by atoms with Crippen molar-refractivity contribution in [2.75, 3.05) is 4.90 Å². The van der Waals surface area contributed by atoms with Gasteiger partial charge in [-0.05, 0) is 150 Å². The fourth-order valence-corrected chi connectivity index (χ4v) is 13.2. The van der Waals surface area contributed by atoms with Crippen molar-refractivity contribution in [3.05, 3.63) is 125 Å². The minimum atomic E-state index is 0.0554. The Balaban J connectivity index is 1.18. The van der Waals surface area contributed by atoms with Crippen LogP contribution in [0.4, 0.5) is 17.1 Å². The number of furan rings is 1. The molecule has 0 N–H and O–H groups in total. The van der Waals surface area contributed by atoms with Gasteiger partial charge >= 0.3 is 0 Å². The molecule has 5 aromatic carbocycles. The molecule has 5 aliphatic carbocycles. The number of hydrogen-bond acceptors (Lipinski definition) is 3. The molecule has 250 valence electrons. The number of anilines is 3. The SMILES string of the molecule is CC1(C)CCC(C)(C)c2c(N(c3ccc4c(c3)C3(c5ccccc5S4)C4CC5CC(C4)C3C5)c3ccc4oc5ccccc5c4c3)cccc21. The van der Waals surface area contributed by atoms with Gasteiger partial charge in [-0.2, -0.15) is 0 Å². The minimum Gasteiger partial charge on any atom is -0.456 e. The van der Waals surface area contributed by atoms with E-state index in [-0.39, 0.29) is 16.2 Å². The lowest BCUT2D eigenvalue weighted by Crippen LogP contribution is -2.44. The second-order valence-corrected chi connectivity index (χ2v) is 18.7. The first-order valence-corrected chi connectivity index (χ1v) is 19.8. The summed E-state index contributed by atoms with van der Waals surface area (Å²) in [4.78, 5) is 5.57. The second kappa shape index (κ2) is 10.1. The molecule has 1 spiro atoms. The van der Waals surface area contributed by atoms with Gasteiger partial charge in [-0.3, -0.25) is 0 Å². The zero-order chi connectivity index (χ0) is 33.6. The largest absolute Gasteiger partial charge is 0.456 e. The normalized spacial score (nSPS) is 27.8. The second-order valence-electron chi connectivity index (χ2n) is 17.6. The highest BCUT2D eigenvalue weighted by Crippen LogP contribution is 2.72. The molecular formula is C47H45NOS. The van der Waals surface area contributed by atoms with Crippen LogP contribution in [0.3, 0.4) is 0 Å². The minimum absolute atomic E-state index is 0.0554. The average Bonchev–Trinajstić information content (AvgIpc) is 3.71. The molecular weight excluding hydrogens is 627 g/mol. The maximum atomic E-state index is 6.36. The molecule has 0 saturated heterocycles. The number of rotatable bonds is 3. The molecule has 3 heteroatoms. The summed E-state index contributed by atoms with van der Waals surface area (Å²) in [6.07, 6.45) is 8.00. The molecule has 4 fully saturated rings. The monoisotopic (exact) mass is 671 g/mol. The third-order valence-corrected chi connectivity index (χ3v) is 15.3. The van der Waals surface area contributed by atoms with Gasteiger partial charge in [0, 0.05) is 37.4 Å². The summed E-state index contributed by atoms with van der Waals surface area (Å²) in [7, 11) is 0. The Labute approximate surface area is 300 Å². The summed E-state index contributed by atoms with van der Waals surface area (Å²) < 4.78 is 6.36. The van der Waals surface area contributed by atoms with Crippen LogP contribution in [-0.2, 0) is 16.2 Å². The maximum Gasteiger partial charge on any atom is 0.135 e. The van der Waals surface area contributed by atoms with Crippen LogP contribution < -0.4 is 4.90 Å². The molecule has 4 bridgehead atoms. The number of para-hydroxylation sites is 1. The van der Waals surface area contributed by atoms with Crippen LogP contribution in [0.1, 0.15) is 88.5 Å². The summed E-state index contributed by atoms with van der Waals surface area (Å²) in [6, 6.07) is 39.5. The van der Waals surface area contributed by atoms with Crippen molar-refractivity contribution in [2.45, 2.75) is 92.3 Å². The Bertz CT molecular complexity index is 2380. The Hall–Kier alpha value is -3.95. The fourth-order valence-electron chi connectivity index (χ4n) is 12.0. The van der Waals surface area contributed by atoms with E-state index in [2.05, 4.69) is 136 Å². The molecule has 5 atom stereocenters. The van der Waals surface area contributed by atoms with E-state index in [0.717, 1.165) is 34.8 Å². The molecule has 2 nitrogen and oxygen atoms in total. The van der Waals surface area contributed by atoms with Crippen LogP contribution in [-0.4, -0.2) is 0 Å². The van der Waals surface area contributed by atoms with E-state index in [4.69, 9.17) is 4.42 Å². The number of benzene rings is 5. The third kappa shape index (κ3) is 3.88. The van der Waals surface area contributed by atoms with Gasteiger partial charge in [0.25, 0.3) is 0 Å². The Morgan fingerprint density at radius 3 is 2.26 bits per heavy atom. The number of hydrogen-bond donors (Lipinski definition) is 0. The first kappa shape index (κ1) is 29.7. The molecule has 6 aliphatic rings. The highest BCUT2D eigenvalue weighted by atomic mass is 32.2. The van der Waals surface area contributed by atoms with Crippen LogP contribution >= 0.6 is 11.8 Å². The van der Waals surface area contributed by atoms with Gasteiger partial charge in [0.05, 0.1) is 5.69 Å². The van der Waals surface area contributed by atoms with E-state index >= 15 is 0 Å². The van der Waals surface area contributed by atoms with Crippen molar-refractivity contribution in [1.29, 1.82) is 0 Å². The topological polar surface area (TPSA) is 16.4 Å². The zero-order valence-electron chi connectivity index (χ0n) is 29.6. The quantitative estimate of drug-likeness (QED) is 0.186. The van der Waals surface area contributed by atoms with E-state index in [0.29, 0.717) is 0 Å². The van der Waals surface area contributed by atoms with Gasteiger partial charge in [0.15, 0.2) is 0 Å². The van der Waals surface area contributed by atoms with Crippen molar-refractivity contribution >= 4 is 50.8 Å². The molecule has 0 radical (unpaired) electrons. The summed E-state index contributed by atoms with van der Waals surface area (Å²) >= 11 is 2.00.